The molecule has 2 rings (SSSR count). The SMILES string of the molecule is CC(C)(C)c1cccc(Oc2cc(Cl)c(F)cc2N)c1. The van der Waals surface area contributed by atoms with Crippen LogP contribution in [0.3, 0.4) is 0 Å². The summed E-state index contributed by atoms with van der Waals surface area (Å²) in [5.41, 5.74) is 7.11. The number of ether oxygens (including phenoxy) is 1. The van der Waals surface area contributed by atoms with Gasteiger partial charge in [-0.3, -0.25) is 0 Å². The first-order valence-electron chi connectivity index (χ1n) is 6.30. The molecule has 0 spiro atoms. The van der Waals surface area contributed by atoms with Crippen molar-refractivity contribution in [3.63, 3.8) is 0 Å². The highest BCUT2D eigenvalue weighted by molar-refractivity contribution is 6.31. The summed E-state index contributed by atoms with van der Waals surface area (Å²) in [6.07, 6.45) is 0. The molecule has 0 amide bonds. The Balaban J connectivity index is 2.33. The first-order valence-corrected chi connectivity index (χ1v) is 6.68. The largest absolute Gasteiger partial charge is 0.455 e. The summed E-state index contributed by atoms with van der Waals surface area (Å²) in [5, 5.41) is -0.0128. The molecular formula is C16H17ClFNO. The minimum absolute atomic E-state index is 0.0128. The van der Waals surface area contributed by atoms with Gasteiger partial charge in [-0.1, -0.05) is 44.5 Å². The van der Waals surface area contributed by atoms with Gasteiger partial charge in [0.1, 0.15) is 11.6 Å². The van der Waals surface area contributed by atoms with E-state index in [1.165, 1.54) is 6.07 Å². The molecule has 0 saturated heterocycles. The van der Waals surface area contributed by atoms with E-state index < -0.39 is 5.82 Å². The van der Waals surface area contributed by atoms with Crippen LogP contribution < -0.4 is 10.5 Å². The summed E-state index contributed by atoms with van der Waals surface area (Å²) in [6.45, 7) is 6.36. The number of benzene rings is 2. The molecule has 2 aromatic rings. The second-order valence-corrected chi connectivity index (χ2v) is 6.09. The minimum Gasteiger partial charge on any atom is -0.455 e. The standard InChI is InChI=1S/C16H17ClFNO/c1-16(2,3)10-5-4-6-11(7-10)20-15-8-12(17)13(18)9-14(15)19/h4-9H,19H2,1-3H3. The van der Waals surface area contributed by atoms with Crippen molar-refractivity contribution in [2.75, 3.05) is 5.73 Å². The van der Waals surface area contributed by atoms with Gasteiger partial charge in [0.15, 0.2) is 5.75 Å². The normalized spacial score (nSPS) is 11.4. The second kappa shape index (κ2) is 5.33. The van der Waals surface area contributed by atoms with Gasteiger partial charge in [0.25, 0.3) is 0 Å². The Morgan fingerprint density at radius 3 is 2.50 bits per heavy atom. The number of rotatable bonds is 2. The van der Waals surface area contributed by atoms with E-state index in [1.54, 1.807) is 0 Å². The van der Waals surface area contributed by atoms with Gasteiger partial charge >= 0.3 is 0 Å². The van der Waals surface area contributed by atoms with Crippen LogP contribution >= 0.6 is 11.6 Å². The van der Waals surface area contributed by atoms with Crippen LogP contribution in [0.2, 0.25) is 5.02 Å². The molecule has 0 aromatic heterocycles. The van der Waals surface area contributed by atoms with Crippen LogP contribution in [0.15, 0.2) is 36.4 Å². The summed E-state index contributed by atoms with van der Waals surface area (Å²) >= 11 is 5.75. The summed E-state index contributed by atoms with van der Waals surface area (Å²) < 4.78 is 19.0. The third-order valence-corrected chi connectivity index (χ3v) is 3.27. The maximum Gasteiger partial charge on any atom is 0.151 e. The third-order valence-electron chi connectivity index (χ3n) is 2.98. The average Bonchev–Trinajstić information content (AvgIpc) is 2.35. The van der Waals surface area contributed by atoms with Crippen molar-refractivity contribution in [2.24, 2.45) is 0 Å². The average molecular weight is 294 g/mol. The molecule has 0 heterocycles. The molecule has 0 saturated carbocycles. The van der Waals surface area contributed by atoms with E-state index in [-0.39, 0.29) is 16.1 Å². The number of nitrogens with two attached hydrogens (primary N) is 1. The molecule has 0 radical (unpaired) electrons. The number of halogens is 2. The van der Waals surface area contributed by atoms with E-state index in [0.29, 0.717) is 11.5 Å². The fraction of sp³-hybridized carbons (Fsp3) is 0.250. The smallest absolute Gasteiger partial charge is 0.151 e. The maximum absolute atomic E-state index is 13.3. The predicted octanol–water partition coefficient (Wildman–Crippen LogP) is 5.15. The highest BCUT2D eigenvalue weighted by Gasteiger charge is 2.15. The molecule has 20 heavy (non-hydrogen) atoms. The topological polar surface area (TPSA) is 35.2 Å². The Hall–Kier alpha value is -1.74. The molecule has 4 heteroatoms. The highest BCUT2D eigenvalue weighted by atomic mass is 35.5. The molecule has 2 N–H and O–H groups in total. The monoisotopic (exact) mass is 293 g/mol. The summed E-state index contributed by atoms with van der Waals surface area (Å²) in [5.74, 6) is 0.439. The van der Waals surface area contributed by atoms with E-state index in [2.05, 4.69) is 20.8 Å². The van der Waals surface area contributed by atoms with Crippen molar-refractivity contribution in [2.45, 2.75) is 26.2 Å². The van der Waals surface area contributed by atoms with Gasteiger partial charge in [-0.15, -0.1) is 0 Å². The Morgan fingerprint density at radius 2 is 1.85 bits per heavy atom. The first-order chi connectivity index (χ1) is 9.27. The molecule has 0 fully saturated rings. The van der Waals surface area contributed by atoms with Gasteiger partial charge in [0.2, 0.25) is 0 Å². The molecule has 0 atom stereocenters. The van der Waals surface area contributed by atoms with Crippen LogP contribution in [0, 0.1) is 5.82 Å². The molecule has 0 aliphatic heterocycles. The minimum atomic E-state index is -0.556. The van der Waals surface area contributed by atoms with Crippen molar-refractivity contribution in [3.05, 3.63) is 52.8 Å². The van der Waals surface area contributed by atoms with Gasteiger partial charge in [0.05, 0.1) is 10.7 Å². The zero-order chi connectivity index (χ0) is 14.9. The number of hydrogen-bond acceptors (Lipinski definition) is 2. The molecule has 106 valence electrons. The summed E-state index contributed by atoms with van der Waals surface area (Å²) in [7, 11) is 0. The van der Waals surface area contributed by atoms with Crippen molar-refractivity contribution < 1.29 is 9.13 Å². The zero-order valence-corrected chi connectivity index (χ0v) is 12.5. The fourth-order valence-corrected chi connectivity index (χ4v) is 1.94. The van der Waals surface area contributed by atoms with Crippen LogP contribution in [0.1, 0.15) is 26.3 Å². The lowest BCUT2D eigenvalue weighted by Gasteiger charge is -2.20. The van der Waals surface area contributed by atoms with Gasteiger partial charge in [-0.2, -0.15) is 0 Å². The van der Waals surface area contributed by atoms with Crippen LogP contribution in [0.4, 0.5) is 10.1 Å². The molecule has 0 unspecified atom stereocenters. The maximum atomic E-state index is 13.3. The summed E-state index contributed by atoms with van der Waals surface area (Å²) in [4.78, 5) is 0. The predicted molar refractivity (Wildman–Crippen MR) is 81.0 cm³/mol. The lowest BCUT2D eigenvalue weighted by atomic mass is 9.87. The van der Waals surface area contributed by atoms with E-state index in [0.717, 1.165) is 11.6 Å². The molecule has 2 nitrogen and oxygen atoms in total. The van der Waals surface area contributed by atoms with Crippen LogP contribution in [-0.2, 0) is 5.41 Å². The third kappa shape index (κ3) is 3.23. The Bertz CT molecular complexity index is 635. The van der Waals surface area contributed by atoms with Crippen molar-refractivity contribution >= 4 is 17.3 Å². The lowest BCUT2D eigenvalue weighted by molar-refractivity contribution is 0.479. The van der Waals surface area contributed by atoms with Crippen molar-refractivity contribution in [1.29, 1.82) is 0 Å². The fourth-order valence-electron chi connectivity index (χ4n) is 1.79. The van der Waals surface area contributed by atoms with Crippen LogP contribution in [-0.4, -0.2) is 0 Å². The zero-order valence-electron chi connectivity index (χ0n) is 11.7. The molecule has 0 aliphatic rings. The molecular weight excluding hydrogens is 277 g/mol. The Labute approximate surface area is 123 Å². The van der Waals surface area contributed by atoms with Crippen molar-refractivity contribution in [3.8, 4) is 11.5 Å². The Morgan fingerprint density at radius 1 is 1.15 bits per heavy atom. The van der Waals surface area contributed by atoms with Crippen molar-refractivity contribution in [1.82, 2.24) is 0 Å². The Kier molecular flexibility index (Phi) is 3.91. The first kappa shape index (κ1) is 14.7. The van der Waals surface area contributed by atoms with E-state index >= 15 is 0 Å². The molecule has 0 aliphatic carbocycles. The molecule has 0 bridgehead atoms. The van der Waals surface area contributed by atoms with Crippen LogP contribution in [0.25, 0.3) is 0 Å². The van der Waals surface area contributed by atoms with E-state index in [4.69, 9.17) is 22.1 Å². The number of anilines is 1. The summed E-state index contributed by atoms with van der Waals surface area (Å²) in [6, 6.07) is 10.3. The van der Waals surface area contributed by atoms with E-state index in [9.17, 15) is 4.39 Å². The van der Waals surface area contributed by atoms with E-state index in [1.807, 2.05) is 24.3 Å². The van der Waals surface area contributed by atoms with Gasteiger partial charge in [-0.05, 0) is 23.1 Å². The van der Waals surface area contributed by atoms with Gasteiger partial charge < -0.3 is 10.5 Å². The number of hydrogen-bond donors (Lipinski definition) is 1. The number of nitrogen functional groups attached to an aromatic ring is 1. The van der Waals surface area contributed by atoms with Crippen LogP contribution in [0.5, 0.6) is 11.5 Å². The van der Waals surface area contributed by atoms with Gasteiger partial charge in [-0.25, -0.2) is 4.39 Å². The quantitative estimate of drug-likeness (QED) is 0.777. The lowest BCUT2D eigenvalue weighted by Crippen LogP contribution is -2.10. The highest BCUT2D eigenvalue weighted by Crippen LogP contribution is 2.33. The molecule has 2 aromatic carbocycles. The van der Waals surface area contributed by atoms with Gasteiger partial charge in [0, 0.05) is 12.1 Å². The second-order valence-electron chi connectivity index (χ2n) is 5.68.